The van der Waals surface area contributed by atoms with E-state index in [0.717, 1.165) is 13.0 Å². The number of rotatable bonds is 7. The van der Waals surface area contributed by atoms with Gasteiger partial charge in [0.25, 0.3) is 0 Å². The van der Waals surface area contributed by atoms with Gasteiger partial charge >= 0.3 is 0 Å². The molecule has 8 heteroatoms. The average molecular weight is 381 g/mol. The van der Waals surface area contributed by atoms with Gasteiger partial charge in [0.2, 0.25) is 10.0 Å². The van der Waals surface area contributed by atoms with Crippen molar-refractivity contribution in [2.45, 2.75) is 24.8 Å². The number of methoxy groups -OCH3 is 1. The molecule has 1 unspecified atom stereocenters. The average Bonchev–Trinajstić information content (AvgIpc) is 3.04. The summed E-state index contributed by atoms with van der Waals surface area (Å²) in [5.74, 6) is 0.867. The summed E-state index contributed by atoms with van der Waals surface area (Å²) in [7, 11) is -1.88. The van der Waals surface area contributed by atoms with Crippen LogP contribution in [0.15, 0.2) is 20.0 Å². The normalized spacial score (nSPS) is 20.2. The Bertz CT molecular complexity index is 573. The van der Waals surface area contributed by atoms with Gasteiger partial charge in [0.15, 0.2) is 4.67 Å². The number of halogens is 1. The molecule has 1 fully saturated rings. The van der Waals surface area contributed by atoms with E-state index < -0.39 is 10.0 Å². The smallest absolute Gasteiger partial charge is 0.247 e. The largest absolute Gasteiger partial charge is 0.452 e. The van der Waals surface area contributed by atoms with Gasteiger partial charge in [-0.25, -0.2) is 8.42 Å². The first-order valence-electron chi connectivity index (χ1n) is 6.97. The molecule has 1 N–H and O–H groups in total. The fraction of sp³-hybridized carbons (Fsp3) is 0.692. The van der Waals surface area contributed by atoms with Gasteiger partial charge in [-0.05, 0) is 34.8 Å². The second kappa shape index (κ2) is 7.23. The van der Waals surface area contributed by atoms with Crippen molar-refractivity contribution in [3.05, 3.63) is 16.5 Å². The summed E-state index contributed by atoms with van der Waals surface area (Å²) in [6.07, 6.45) is 0.826. The number of sulfonamides is 1. The Kier molecular flexibility index (Phi) is 5.84. The molecule has 2 heterocycles. The molecule has 6 nitrogen and oxygen atoms in total. The Morgan fingerprint density at radius 1 is 1.57 bits per heavy atom. The van der Waals surface area contributed by atoms with Crippen LogP contribution >= 0.6 is 15.9 Å². The van der Waals surface area contributed by atoms with Crippen LogP contribution < -0.4 is 5.32 Å². The van der Waals surface area contributed by atoms with E-state index in [9.17, 15) is 8.42 Å². The minimum Gasteiger partial charge on any atom is -0.452 e. The zero-order chi connectivity index (χ0) is 15.5. The van der Waals surface area contributed by atoms with E-state index in [2.05, 4.69) is 21.2 Å². The summed E-state index contributed by atoms with van der Waals surface area (Å²) in [5.41, 5.74) is 0. The minimum atomic E-state index is -3.52. The minimum absolute atomic E-state index is 0.202. The van der Waals surface area contributed by atoms with Crippen molar-refractivity contribution in [3.63, 3.8) is 0 Å². The van der Waals surface area contributed by atoms with E-state index in [0.29, 0.717) is 32.0 Å². The molecule has 120 valence electrons. The maximum Gasteiger partial charge on any atom is 0.247 e. The third kappa shape index (κ3) is 3.87. The molecule has 0 aliphatic carbocycles. The summed E-state index contributed by atoms with van der Waals surface area (Å²) in [4.78, 5) is 0.202. The summed E-state index contributed by atoms with van der Waals surface area (Å²) < 4.78 is 37.7. The lowest BCUT2D eigenvalue weighted by Gasteiger charge is -2.15. The third-order valence-electron chi connectivity index (χ3n) is 3.52. The first-order chi connectivity index (χ1) is 9.98. The topological polar surface area (TPSA) is 71.8 Å². The van der Waals surface area contributed by atoms with Crippen LogP contribution in [-0.4, -0.2) is 46.1 Å². The molecule has 0 radical (unpaired) electrons. The van der Waals surface area contributed by atoms with Crippen LogP contribution in [0.4, 0.5) is 0 Å². The predicted molar refractivity (Wildman–Crippen MR) is 82.5 cm³/mol. The molecule has 0 spiro atoms. The SMILES string of the molecule is CCNCc1cc(S(=O)(=O)N2CCC(COC)C2)c(Br)o1. The highest BCUT2D eigenvalue weighted by Gasteiger charge is 2.35. The van der Waals surface area contributed by atoms with Crippen LogP contribution in [0.1, 0.15) is 19.1 Å². The van der Waals surface area contributed by atoms with Gasteiger partial charge in [-0.1, -0.05) is 6.92 Å². The third-order valence-corrected chi connectivity index (χ3v) is 6.25. The first-order valence-corrected chi connectivity index (χ1v) is 9.20. The highest BCUT2D eigenvalue weighted by Crippen LogP contribution is 2.31. The van der Waals surface area contributed by atoms with Crippen LogP contribution in [-0.2, 0) is 21.3 Å². The Morgan fingerprint density at radius 2 is 2.33 bits per heavy atom. The van der Waals surface area contributed by atoms with Gasteiger partial charge < -0.3 is 14.5 Å². The van der Waals surface area contributed by atoms with Crippen molar-refractivity contribution < 1.29 is 17.6 Å². The highest BCUT2D eigenvalue weighted by molar-refractivity contribution is 9.10. The van der Waals surface area contributed by atoms with Crippen molar-refractivity contribution in [2.75, 3.05) is 33.4 Å². The number of nitrogens with one attached hydrogen (secondary N) is 1. The van der Waals surface area contributed by atoms with Crippen LogP contribution in [0.25, 0.3) is 0 Å². The molecule has 0 amide bonds. The number of nitrogens with zero attached hydrogens (tertiary/aromatic N) is 1. The fourth-order valence-corrected chi connectivity index (χ4v) is 4.93. The maximum absolute atomic E-state index is 12.7. The van der Waals surface area contributed by atoms with E-state index >= 15 is 0 Å². The van der Waals surface area contributed by atoms with Crippen LogP contribution in [0.3, 0.4) is 0 Å². The Labute approximate surface area is 134 Å². The molecule has 0 aromatic carbocycles. The molecule has 0 saturated carbocycles. The molecule has 1 aromatic heterocycles. The molecular formula is C13H21BrN2O4S. The van der Waals surface area contributed by atoms with Crippen LogP contribution in [0, 0.1) is 5.92 Å². The molecule has 1 aliphatic rings. The summed E-state index contributed by atoms with van der Waals surface area (Å²) in [5, 5.41) is 3.11. The number of furan rings is 1. The van der Waals surface area contributed by atoms with Crippen molar-refractivity contribution in [3.8, 4) is 0 Å². The number of hydrogen-bond acceptors (Lipinski definition) is 5. The monoisotopic (exact) mass is 380 g/mol. The quantitative estimate of drug-likeness (QED) is 0.780. The van der Waals surface area contributed by atoms with Crippen molar-refractivity contribution in [2.24, 2.45) is 5.92 Å². The second-order valence-corrected chi connectivity index (χ2v) is 7.73. The number of ether oxygens (including phenoxy) is 1. The molecule has 21 heavy (non-hydrogen) atoms. The van der Waals surface area contributed by atoms with E-state index in [1.807, 2.05) is 6.92 Å². The fourth-order valence-electron chi connectivity index (χ4n) is 2.44. The van der Waals surface area contributed by atoms with E-state index in [-0.39, 0.29) is 15.5 Å². The summed E-state index contributed by atoms with van der Waals surface area (Å²) in [6.45, 7) is 4.90. The summed E-state index contributed by atoms with van der Waals surface area (Å²) >= 11 is 3.21. The van der Waals surface area contributed by atoms with Crippen molar-refractivity contribution in [1.82, 2.24) is 9.62 Å². The highest BCUT2D eigenvalue weighted by atomic mass is 79.9. The van der Waals surface area contributed by atoms with E-state index in [1.54, 1.807) is 13.2 Å². The summed E-state index contributed by atoms with van der Waals surface area (Å²) in [6, 6.07) is 1.59. The van der Waals surface area contributed by atoms with Crippen LogP contribution in [0.2, 0.25) is 0 Å². The first kappa shape index (κ1) is 17.0. The van der Waals surface area contributed by atoms with Crippen molar-refractivity contribution >= 4 is 26.0 Å². The maximum atomic E-state index is 12.7. The number of hydrogen-bond donors (Lipinski definition) is 1. The zero-order valence-electron chi connectivity index (χ0n) is 12.3. The van der Waals surface area contributed by atoms with Gasteiger partial charge in [-0.2, -0.15) is 4.31 Å². The molecule has 1 aliphatic heterocycles. The Balaban J connectivity index is 2.14. The van der Waals surface area contributed by atoms with Gasteiger partial charge in [0, 0.05) is 26.3 Å². The van der Waals surface area contributed by atoms with Gasteiger partial charge in [0.1, 0.15) is 10.7 Å². The molecule has 1 aromatic rings. The Hall–Kier alpha value is -0.410. The zero-order valence-corrected chi connectivity index (χ0v) is 14.7. The molecular weight excluding hydrogens is 360 g/mol. The molecule has 2 rings (SSSR count). The molecule has 1 saturated heterocycles. The molecule has 1 atom stereocenters. The van der Waals surface area contributed by atoms with Crippen LogP contribution in [0.5, 0.6) is 0 Å². The van der Waals surface area contributed by atoms with E-state index in [4.69, 9.17) is 9.15 Å². The van der Waals surface area contributed by atoms with Gasteiger partial charge in [-0.15, -0.1) is 0 Å². The lowest BCUT2D eigenvalue weighted by molar-refractivity contribution is 0.157. The lowest BCUT2D eigenvalue weighted by Crippen LogP contribution is -2.29. The standard InChI is InChI=1S/C13H21BrN2O4S/c1-3-15-7-11-6-12(13(14)20-11)21(17,18)16-5-4-10(8-16)9-19-2/h6,10,15H,3-5,7-9H2,1-2H3. The lowest BCUT2D eigenvalue weighted by atomic mass is 10.1. The predicted octanol–water partition coefficient (Wildman–Crippen LogP) is 1.81. The Morgan fingerprint density at radius 3 is 3.00 bits per heavy atom. The molecule has 0 bridgehead atoms. The van der Waals surface area contributed by atoms with Crippen molar-refractivity contribution in [1.29, 1.82) is 0 Å². The second-order valence-electron chi connectivity index (χ2n) is 5.10. The van der Waals surface area contributed by atoms with Gasteiger partial charge in [-0.3, -0.25) is 0 Å². The van der Waals surface area contributed by atoms with E-state index in [1.165, 1.54) is 4.31 Å². The van der Waals surface area contributed by atoms with Gasteiger partial charge in [0.05, 0.1) is 13.2 Å².